The molecule has 39 heavy (non-hydrogen) atoms. The van der Waals surface area contributed by atoms with Crippen LogP contribution in [0.3, 0.4) is 0 Å². The maximum absolute atomic E-state index is 13.8. The number of nitrogens with zero attached hydrogens (tertiary/aromatic N) is 3. The molecule has 1 fully saturated rings. The summed E-state index contributed by atoms with van der Waals surface area (Å²) < 4.78 is 5.85. The van der Waals surface area contributed by atoms with Crippen molar-refractivity contribution in [3.63, 3.8) is 0 Å². The van der Waals surface area contributed by atoms with Crippen LogP contribution < -0.4 is 15.5 Å². The Labute approximate surface area is 235 Å². The van der Waals surface area contributed by atoms with Gasteiger partial charge in [0.25, 0.3) is 5.91 Å². The van der Waals surface area contributed by atoms with Gasteiger partial charge in [0, 0.05) is 31.9 Å². The number of hydrogen-bond donors (Lipinski definition) is 3. The molecule has 3 aromatic rings. The third-order valence-corrected chi connectivity index (χ3v) is 7.13. The summed E-state index contributed by atoms with van der Waals surface area (Å²) >= 11 is 11.9. The second kappa shape index (κ2) is 12.4. The number of halogens is 2. The minimum atomic E-state index is -1.20. The highest BCUT2D eigenvalue weighted by molar-refractivity contribution is 6.32. The van der Waals surface area contributed by atoms with Crippen LogP contribution in [-0.2, 0) is 33.0 Å². The van der Waals surface area contributed by atoms with Crippen LogP contribution in [0.5, 0.6) is 5.75 Å². The summed E-state index contributed by atoms with van der Waals surface area (Å²) in [5, 5.41) is 12.5. The normalized spacial score (nSPS) is 17.5. The van der Waals surface area contributed by atoms with Gasteiger partial charge in [0.15, 0.2) is 0 Å². The summed E-state index contributed by atoms with van der Waals surface area (Å²) in [5.74, 6) is -0.850. The first-order chi connectivity index (χ1) is 18.7. The van der Waals surface area contributed by atoms with E-state index in [0.29, 0.717) is 17.7 Å². The van der Waals surface area contributed by atoms with Crippen molar-refractivity contribution in [1.82, 2.24) is 25.7 Å². The van der Waals surface area contributed by atoms with Gasteiger partial charge in [0.1, 0.15) is 28.7 Å². The lowest BCUT2D eigenvalue weighted by Gasteiger charge is -2.30. The van der Waals surface area contributed by atoms with Crippen molar-refractivity contribution < 1.29 is 24.3 Å². The van der Waals surface area contributed by atoms with E-state index in [1.165, 1.54) is 11.8 Å². The molecule has 3 N–H and O–H groups in total. The van der Waals surface area contributed by atoms with Crippen molar-refractivity contribution in [2.45, 2.75) is 44.4 Å². The Kier molecular flexibility index (Phi) is 9.01. The average Bonchev–Trinajstić information content (AvgIpc) is 3.26. The fraction of sp³-hybridized carbons (Fsp3) is 0.296. The quantitative estimate of drug-likeness (QED) is 0.193. The smallest absolute Gasteiger partial charge is 0.265 e. The Morgan fingerprint density at radius 3 is 2.41 bits per heavy atom. The second-order valence-corrected chi connectivity index (χ2v) is 10.0. The highest BCUT2D eigenvalue weighted by atomic mass is 35.5. The first kappa shape index (κ1) is 28.3. The van der Waals surface area contributed by atoms with Crippen molar-refractivity contribution in [3.8, 4) is 5.75 Å². The molecule has 1 aliphatic rings. The van der Waals surface area contributed by atoms with Crippen LogP contribution in [0.1, 0.15) is 36.5 Å². The summed E-state index contributed by atoms with van der Waals surface area (Å²) in [6.07, 6.45) is 3.47. The third-order valence-electron chi connectivity index (χ3n) is 6.74. The molecule has 0 aliphatic carbocycles. The number of carbonyl (C=O) groups excluding carboxylic acids is 3. The van der Waals surface area contributed by atoms with E-state index in [1.54, 1.807) is 66.4 Å². The molecular formula is C27H27Cl2N5O5. The highest BCUT2D eigenvalue weighted by Gasteiger charge is 2.51. The second-order valence-electron chi connectivity index (χ2n) is 9.23. The number of carbonyl (C=O) groups is 3. The molecule has 3 heterocycles. The van der Waals surface area contributed by atoms with Gasteiger partial charge in [-0.15, -0.1) is 0 Å². The zero-order chi connectivity index (χ0) is 28.0. The largest absolute Gasteiger partial charge is 0.489 e. The van der Waals surface area contributed by atoms with Crippen molar-refractivity contribution >= 4 is 40.9 Å². The number of rotatable bonds is 10. The standard InChI is InChI=1S/C27H27Cl2N5O5/c1-17(25(36)33-38)34-11-8-27(26(34)37,14-24(35)31-15-18-6-9-30-10-7-18)20-2-4-21(5-3-20)39-16-19-12-22(28)32-23(29)13-19/h2-7,9-10,12-13,17,38H,8,11,14-16H2,1H3,(H,31,35)(H,33,36). The van der Waals surface area contributed by atoms with E-state index in [4.69, 9.17) is 33.1 Å². The molecule has 2 atom stereocenters. The lowest BCUT2D eigenvalue weighted by atomic mass is 9.75. The lowest BCUT2D eigenvalue weighted by Crippen LogP contribution is -2.49. The van der Waals surface area contributed by atoms with E-state index in [0.717, 1.165) is 11.1 Å². The summed E-state index contributed by atoms with van der Waals surface area (Å²) in [5.41, 5.74) is 2.63. The maximum Gasteiger partial charge on any atom is 0.265 e. The Morgan fingerprint density at radius 1 is 1.10 bits per heavy atom. The first-order valence-electron chi connectivity index (χ1n) is 12.2. The van der Waals surface area contributed by atoms with Crippen LogP contribution in [0.2, 0.25) is 10.3 Å². The summed E-state index contributed by atoms with van der Waals surface area (Å²) in [6.45, 7) is 2.25. The monoisotopic (exact) mass is 571 g/mol. The number of likely N-dealkylation sites (tertiary alicyclic amines) is 1. The molecule has 10 nitrogen and oxygen atoms in total. The van der Waals surface area contributed by atoms with Crippen LogP contribution in [0, 0.1) is 0 Å². The predicted molar refractivity (Wildman–Crippen MR) is 143 cm³/mol. The molecule has 0 saturated carbocycles. The fourth-order valence-electron chi connectivity index (χ4n) is 4.61. The molecule has 0 radical (unpaired) electrons. The first-order valence-corrected chi connectivity index (χ1v) is 12.9. The van der Waals surface area contributed by atoms with Crippen LogP contribution in [0.4, 0.5) is 0 Å². The number of aromatic nitrogens is 2. The van der Waals surface area contributed by atoms with E-state index < -0.39 is 17.4 Å². The van der Waals surface area contributed by atoms with E-state index in [2.05, 4.69) is 15.3 Å². The summed E-state index contributed by atoms with van der Waals surface area (Å²) in [7, 11) is 0. The maximum atomic E-state index is 13.8. The predicted octanol–water partition coefficient (Wildman–Crippen LogP) is 3.43. The Balaban J connectivity index is 1.54. The van der Waals surface area contributed by atoms with Gasteiger partial charge in [0.2, 0.25) is 11.8 Å². The fourth-order valence-corrected chi connectivity index (χ4v) is 5.11. The number of hydroxylamine groups is 1. The molecule has 4 rings (SSSR count). The Morgan fingerprint density at radius 2 is 1.77 bits per heavy atom. The number of pyridine rings is 2. The Bertz CT molecular complexity index is 1320. The molecule has 12 heteroatoms. The molecule has 0 bridgehead atoms. The van der Waals surface area contributed by atoms with Crippen molar-refractivity contribution in [1.29, 1.82) is 0 Å². The van der Waals surface area contributed by atoms with Gasteiger partial charge >= 0.3 is 0 Å². The highest BCUT2D eigenvalue weighted by Crippen LogP contribution is 2.40. The molecule has 0 spiro atoms. The number of benzene rings is 1. The van der Waals surface area contributed by atoms with Crippen LogP contribution >= 0.6 is 23.2 Å². The third kappa shape index (κ3) is 6.65. The molecule has 3 amide bonds. The van der Waals surface area contributed by atoms with Crippen molar-refractivity contribution in [2.75, 3.05) is 6.54 Å². The molecule has 204 valence electrons. The topological polar surface area (TPSA) is 134 Å². The lowest BCUT2D eigenvalue weighted by molar-refractivity contribution is -0.144. The van der Waals surface area contributed by atoms with Gasteiger partial charge < -0.3 is 15.0 Å². The number of amides is 3. The van der Waals surface area contributed by atoms with Crippen LogP contribution in [0.25, 0.3) is 0 Å². The van der Waals surface area contributed by atoms with Gasteiger partial charge in [-0.2, -0.15) is 0 Å². The SMILES string of the molecule is CC(C(=O)NO)N1CCC(CC(=O)NCc2ccncc2)(c2ccc(OCc3cc(Cl)nc(Cl)c3)cc2)C1=O. The minimum absolute atomic E-state index is 0.116. The van der Waals surface area contributed by atoms with Gasteiger partial charge in [0.05, 0.1) is 5.41 Å². The molecule has 1 aromatic carbocycles. The van der Waals surface area contributed by atoms with Gasteiger partial charge in [-0.1, -0.05) is 35.3 Å². The van der Waals surface area contributed by atoms with Crippen LogP contribution in [0.15, 0.2) is 60.9 Å². The minimum Gasteiger partial charge on any atom is -0.489 e. The summed E-state index contributed by atoms with van der Waals surface area (Å²) in [4.78, 5) is 48.2. The van der Waals surface area contributed by atoms with E-state index in [9.17, 15) is 14.4 Å². The van der Waals surface area contributed by atoms with E-state index in [-0.39, 0.29) is 48.2 Å². The Hall–Kier alpha value is -3.73. The van der Waals surface area contributed by atoms with Gasteiger partial charge in [-0.25, -0.2) is 10.5 Å². The number of hydrogen-bond acceptors (Lipinski definition) is 7. The van der Waals surface area contributed by atoms with Gasteiger partial charge in [-0.3, -0.25) is 24.6 Å². The molecule has 2 aromatic heterocycles. The van der Waals surface area contributed by atoms with Crippen molar-refractivity contribution in [3.05, 3.63) is 87.9 Å². The zero-order valence-electron chi connectivity index (χ0n) is 21.1. The molecule has 1 aliphatic heterocycles. The average molecular weight is 572 g/mol. The molecular weight excluding hydrogens is 545 g/mol. The van der Waals surface area contributed by atoms with Crippen molar-refractivity contribution in [2.24, 2.45) is 0 Å². The van der Waals surface area contributed by atoms with Crippen LogP contribution in [-0.4, -0.2) is 50.4 Å². The van der Waals surface area contributed by atoms with Gasteiger partial charge in [-0.05, 0) is 66.4 Å². The number of nitrogens with one attached hydrogen (secondary N) is 2. The summed E-state index contributed by atoms with van der Waals surface area (Å²) in [6, 6.07) is 12.9. The van der Waals surface area contributed by atoms with E-state index >= 15 is 0 Å². The van der Waals surface area contributed by atoms with E-state index in [1.807, 2.05) is 0 Å². The number of ether oxygens (including phenoxy) is 1. The molecule has 2 unspecified atom stereocenters. The zero-order valence-corrected chi connectivity index (χ0v) is 22.6. The molecule has 1 saturated heterocycles.